The maximum atomic E-state index is 13.4. The van der Waals surface area contributed by atoms with Crippen LogP contribution >= 0.6 is 0 Å². The van der Waals surface area contributed by atoms with Crippen LogP contribution in [0.25, 0.3) is 11.1 Å². The number of methoxy groups -OCH3 is 1. The molecule has 0 saturated carbocycles. The van der Waals surface area contributed by atoms with Gasteiger partial charge in [-0.15, -0.1) is 0 Å². The predicted octanol–water partition coefficient (Wildman–Crippen LogP) is 4.45. The Morgan fingerprint density at radius 1 is 0.964 bits per heavy atom. The van der Waals surface area contributed by atoms with Crippen molar-refractivity contribution in [1.29, 1.82) is 0 Å². The summed E-state index contributed by atoms with van der Waals surface area (Å²) < 4.78 is 5.35. The Morgan fingerprint density at radius 3 is 2.46 bits per heavy atom. The SMILES string of the molecule is COc1cccc(-c2cccc(C(=O)N3CCCC[C@@H]3CN3CCCC3)c2)c1. The number of carbonyl (C=O) groups is 1. The van der Waals surface area contributed by atoms with Gasteiger partial charge in [0.15, 0.2) is 0 Å². The zero-order valence-corrected chi connectivity index (χ0v) is 16.8. The third kappa shape index (κ3) is 4.22. The molecular weight excluding hydrogens is 348 g/mol. The lowest BCUT2D eigenvalue weighted by Crippen LogP contribution is -2.49. The van der Waals surface area contributed by atoms with Crippen molar-refractivity contribution in [2.45, 2.75) is 38.1 Å². The summed E-state index contributed by atoms with van der Waals surface area (Å²) in [6.45, 7) is 4.27. The highest BCUT2D eigenvalue weighted by Gasteiger charge is 2.29. The zero-order chi connectivity index (χ0) is 19.3. The van der Waals surface area contributed by atoms with Crippen molar-refractivity contribution in [3.05, 3.63) is 54.1 Å². The first kappa shape index (κ1) is 19.0. The molecule has 4 rings (SSSR count). The average Bonchev–Trinajstić information content (AvgIpc) is 3.27. The Kier molecular flexibility index (Phi) is 5.96. The van der Waals surface area contributed by atoms with Crippen LogP contribution in [0.3, 0.4) is 0 Å². The molecule has 2 aromatic rings. The molecular formula is C24H30N2O2. The van der Waals surface area contributed by atoms with Crippen LogP contribution in [-0.2, 0) is 0 Å². The highest BCUT2D eigenvalue weighted by Crippen LogP contribution is 2.27. The molecule has 1 amide bonds. The Labute approximate surface area is 168 Å². The highest BCUT2D eigenvalue weighted by atomic mass is 16.5. The maximum Gasteiger partial charge on any atom is 0.254 e. The molecule has 2 heterocycles. The number of ether oxygens (including phenoxy) is 1. The minimum atomic E-state index is 0.175. The molecule has 4 nitrogen and oxygen atoms in total. The molecule has 0 radical (unpaired) electrons. The molecule has 0 aliphatic carbocycles. The van der Waals surface area contributed by atoms with E-state index in [1.54, 1.807) is 7.11 Å². The van der Waals surface area contributed by atoms with E-state index in [2.05, 4.69) is 21.9 Å². The van der Waals surface area contributed by atoms with Gasteiger partial charge in [0.1, 0.15) is 5.75 Å². The predicted molar refractivity (Wildman–Crippen MR) is 113 cm³/mol. The first-order valence-corrected chi connectivity index (χ1v) is 10.5. The van der Waals surface area contributed by atoms with Crippen molar-refractivity contribution in [2.75, 3.05) is 33.3 Å². The summed E-state index contributed by atoms with van der Waals surface area (Å²) in [7, 11) is 1.68. The number of carbonyl (C=O) groups excluding carboxylic acids is 1. The van der Waals surface area contributed by atoms with Crippen LogP contribution < -0.4 is 4.74 Å². The maximum absolute atomic E-state index is 13.4. The van der Waals surface area contributed by atoms with E-state index in [1.807, 2.05) is 36.4 Å². The van der Waals surface area contributed by atoms with Gasteiger partial charge in [-0.3, -0.25) is 4.79 Å². The molecule has 28 heavy (non-hydrogen) atoms. The summed E-state index contributed by atoms with van der Waals surface area (Å²) in [5.41, 5.74) is 2.91. The Bertz CT molecular complexity index is 814. The second-order valence-corrected chi connectivity index (χ2v) is 7.97. The molecule has 1 atom stereocenters. The molecule has 0 unspecified atom stereocenters. The van der Waals surface area contributed by atoms with Crippen molar-refractivity contribution in [3.8, 4) is 16.9 Å². The molecule has 0 aromatic heterocycles. The van der Waals surface area contributed by atoms with E-state index in [0.717, 1.165) is 48.4 Å². The molecule has 2 aliphatic heterocycles. The standard InChI is InChI=1S/C24H30N2O2/c1-28-23-12-7-9-20(17-23)19-8-6-10-21(16-19)24(27)26-15-3-2-11-22(26)18-25-13-4-5-14-25/h6-10,12,16-17,22H,2-5,11,13-15,18H2,1H3/t22-/m1/s1. The van der Waals surface area contributed by atoms with Gasteiger partial charge in [-0.05, 0) is 80.6 Å². The van der Waals surface area contributed by atoms with Crippen LogP contribution in [0.15, 0.2) is 48.5 Å². The van der Waals surface area contributed by atoms with Crippen LogP contribution in [-0.4, -0.2) is 55.0 Å². The van der Waals surface area contributed by atoms with E-state index < -0.39 is 0 Å². The fraction of sp³-hybridized carbons (Fsp3) is 0.458. The summed E-state index contributed by atoms with van der Waals surface area (Å²) in [5.74, 6) is 1.00. The normalized spacial score (nSPS) is 20.3. The Morgan fingerprint density at radius 2 is 1.68 bits per heavy atom. The number of amides is 1. The molecule has 2 aliphatic rings. The minimum Gasteiger partial charge on any atom is -0.497 e. The fourth-order valence-corrected chi connectivity index (χ4v) is 4.52. The Balaban J connectivity index is 1.54. The molecule has 148 valence electrons. The van der Waals surface area contributed by atoms with Crippen LogP contribution in [0.5, 0.6) is 5.75 Å². The second kappa shape index (κ2) is 8.78. The van der Waals surface area contributed by atoms with Crippen molar-refractivity contribution in [3.63, 3.8) is 0 Å². The zero-order valence-electron chi connectivity index (χ0n) is 16.8. The van der Waals surface area contributed by atoms with Crippen molar-refractivity contribution in [2.24, 2.45) is 0 Å². The summed E-state index contributed by atoms with van der Waals surface area (Å²) >= 11 is 0. The lowest BCUT2D eigenvalue weighted by Gasteiger charge is -2.38. The van der Waals surface area contributed by atoms with Crippen molar-refractivity contribution in [1.82, 2.24) is 9.80 Å². The van der Waals surface area contributed by atoms with Gasteiger partial charge in [0.25, 0.3) is 5.91 Å². The fourth-order valence-electron chi connectivity index (χ4n) is 4.52. The van der Waals surface area contributed by atoms with Crippen molar-refractivity contribution < 1.29 is 9.53 Å². The van der Waals surface area contributed by atoms with E-state index in [4.69, 9.17) is 4.74 Å². The number of rotatable bonds is 5. The van der Waals surface area contributed by atoms with Crippen LogP contribution in [0, 0.1) is 0 Å². The van der Waals surface area contributed by atoms with Gasteiger partial charge in [0, 0.05) is 24.7 Å². The first-order chi connectivity index (χ1) is 13.7. The van der Waals surface area contributed by atoms with Gasteiger partial charge in [-0.1, -0.05) is 24.3 Å². The number of piperidine rings is 1. The number of likely N-dealkylation sites (tertiary alicyclic amines) is 2. The van der Waals surface area contributed by atoms with E-state index in [-0.39, 0.29) is 5.91 Å². The largest absolute Gasteiger partial charge is 0.497 e. The first-order valence-electron chi connectivity index (χ1n) is 10.5. The number of benzene rings is 2. The summed E-state index contributed by atoms with van der Waals surface area (Å²) in [5, 5.41) is 0. The lowest BCUT2D eigenvalue weighted by molar-refractivity contribution is 0.0560. The second-order valence-electron chi connectivity index (χ2n) is 7.97. The number of hydrogen-bond donors (Lipinski definition) is 0. The van der Waals surface area contributed by atoms with E-state index >= 15 is 0 Å². The van der Waals surface area contributed by atoms with Gasteiger partial charge in [-0.25, -0.2) is 0 Å². The van der Waals surface area contributed by atoms with Crippen molar-refractivity contribution >= 4 is 5.91 Å². The van der Waals surface area contributed by atoms with E-state index in [1.165, 1.54) is 32.4 Å². The third-order valence-corrected chi connectivity index (χ3v) is 6.07. The third-order valence-electron chi connectivity index (χ3n) is 6.07. The van der Waals surface area contributed by atoms with Crippen LogP contribution in [0.2, 0.25) is 0 Å². The monoisotopic (exact) mass is 378 g/mol. The average molecular weight is 379 g/mol. The smallest absolute Gasteiger partial charge is 0.254 e. The quantitative estimate of drug-likeness (QED) is 0.770. The van der Waals surface area contributed by atoms with Gasteiger partial charge in [0.2, 0.25) is 0 Å². The molecule has 0 N–H and O–H groups in total. The van der Waals surface area contributed by atoms with Crippen LogP contribution in [0.4, 0.5) is 0 Å². The van der Waals surface area contributed by atoms with E-state index in [9.17, 15) is 4.79 Å². The molecule has 2 saturated heterocycles. The molecule has 0 bridgehead atoms. The summed E-state index contributed by atoms with van der Waals surface area (Å²) in [6.07, 6.45) is 6.05. The van der Waals surface area contributed by atoms with Gasteiger partial charge >= 0.3 is 0 Å². The highest BCUT2D eigenvalue weighted by molar-refractivity contribution is 5.95. The van der Waals surface area contributed by atoms with Gasteiger partial charge in [-0.2, -0.15) is 0 Å². The molecule has 2 fully saturated rings. The van der Waals surface area contributed by atoms with Crippen LogP contribution in [0.1, 0.15) is 42.5 Å². The summed E-state index contributed by atoms with van der Waals surface area (Å²) in [6, 6.07) is 16.4. The number of nitrogens with zero attached hydrogens (tertiary/aromatic N) is 2. The lowest BCUT2D eigenvalue weighted by atomic mass is 9.98. The van der Waals surface area contributed by atoms with Gasteiger partial charge in [0.05, 0.1) is 7.11 Å². The number of hydrogen-bond acceptors (Lipinski definition) is 3. The van der Waals surface area contributed by atoms with Gasteiger partial charge < -0.3 is 14.5 Å². The Hall–Kier alpha value is -2.33. The molecule has 2 aromatic carbocycles. The molecule has 0 spiro atoms. The summed E-state index contributed by atoms with van der Waals surface area (Å²) in [4.78, 5) is 18.0. The van der Waals surface area contributed by atoms with E-state index in [0.29, 0.717) is 6.04 Å². The topological polar surface area (TPSA) is 32.8 Å². The molecule has 4 heteroatoms. The minimum absolute atomic E-state index is 0.175.